The van der Waals surface area contributed by atoms with Gasteiger partial charge in [0.05, 0.1) is 33.5 Å². The summed E-state index contributed by atoms with van der Waals surface area (Å²) in [5.74, 6) is 0.693. The topological polar surface area (TPSA) is 35.6 Å². The van der Waals surface area contributed by atoms with Gasteiger partial charge in [0, 0.05) is 50.3 Å². The van der Waals surface area contributed by atoms with E-state index < -0.39 is 0 Å². The van der Waals surface area contributed by atoms with Crippen LogP contribution in [0.15, 0.2) is 170 Å². The Balaban J connectivity index is 1.12. The Hall–Kier alpha value is -6.78. The largest absolute Gasteiger partial charge is 0.309 e. The highest BCUT2D eigenvalue weighted by atomic mass is 15.2. The van der Waals surface area contributed by atoms with Crippen molar-refractivity contribution in [3.05, 3.63) is 181 Å². The molecule has 0 amide bonds. The number of benzene rings is 7. The van der Waals surface area contributed by atoms with Crippen LogP contribution in [0.5, 0.6) is 0 Å². The fourth-order valence-corrected chi connectivity index (χ4v) is 8.27. The maximum Gasteiger partial charge on any atom is 0.235 e. The summed E-state index contributed by atoms with van der Waals surface area (Å²) in [4.78, 5) is 10.7. The van der Waals surface area contributed by atoms with Crippen LogP contribution in [0.4, 0.5) is 0 Å². The average Bonchev–Trinajstić information content (AvgIpc) is 3.85. The van der Waals surface area contributed by atoms with Crippen LogP contribution in [0.3, 0.4) is 0 Å². The van der Waals surface area contributed by atoms with Crippen molar-refractivity contribution in [3.8, 4) is 45.3 Å². The highest BCUT2D eigenvalue weighted by Crippen LogP contribution is 2.42. The number of nitrogens with zero attached hydrogens (tertiary/aromatic N) is 4. The lowest BCUT2D eigenvalue weighted by molar-refractivity contribution is 0.985. The molecule has 0 spiro atoms. The first-order chi connectivity index (χ1) is 25.3. The van der Waals surface area contributed by atoms with Crippen molar-refractivity contribution in [1.29, 1.82) is 0 Å². The second-order valence-electron chi connectivity index (χ2n) is 13.4. The third-order valence-electron chi connectivity index (χ3n) is 10.6. The number of fused-ring (bicyclic) bond motifs is 9. The molecule has 3 heterocycles. The molecule has 0 radical (unpaired) electrons. The fraction of sp³-hybridized carbons (Fsp3) is 0.0213. The summed E-state index contributed by atoms with van der Waals surface area (Å²) in [5.41, 5.74) is 14.9. The van der Waals surface area contributed by atoms with Gasteiger partial charge in [-0.1, -0.05) is 121 Å². The van der Waals surface area contributed by atoms with Gasteiger partial charge >= 0.3 is 0 Å². The molecule has 10 aromatic rings. The molecule has 51 heavy (non-hydrogen) atoms. The van der Waals surface area contributed by atoms with Crippen LogP contribution in [0.25, 0.3) is 88.9 Å². The van der Waals surface area contributed by atoms with Gasteiger partial charge in [-0.25, -0.2) is 9.97 Å². The van der Waals surface area contributed by atoms with Crippen molar-refractivity contribution < 1.29 is 0 Å². The van der Waals surface area contributed by atoms with Crippen molar-refractivity contribution in [3.63, 3.8) is 0 Å². The van der Waals surface area contributed by atoms with Crippen LogP contribution in [-0.4, -0.2) is 19.1 Å². The number of rotatable bonds is 4. The van der Waals surface area contributed by atoms with Crippen LogP contribution >= 0.6 is 0 Å². The van der Waals surface area contributed by atoms with Gasteiger partial charge in [0.15, 0.2) is 0 Å². The molecule has 4 nitrogen and oxygen atoms in total. The molecule has 7 aromatic carbocycles. The molecule has 238 valence electrons. The maximum absolute atomic E-state index is 5.36. The predicted octanol–water partition coefficient (Wildman–Crippen LogP) is 11.6. The summed E-state index contributed by atoms with van der Waals surface area (Å²) < 4.78 is 4.61. The molecule has 0 fully saturated rings. The van der Waals surface area contributed by atoms with E-state index in [2.05, 4.69) is 179 Å². The molecule has 4 heteroatoms. The number of para-hydroxylation sites is 3. The van der Waals surface area contributed by atoms with Gasteiger partial charge in [-0.2, -0.15) is 0 Å². The summed E-state index contributed by atoms with van der Waals surface area (Å²) >= 11 is 0. The second-order valence-corrected chi connectivity index (χ2v) is 13.4. The highest BCUT2D eigenvalue weighted by Gasteiger charge is 2.27. The molecule has 0 saturated heterocycles. The average molecular weight is 651 g/mol. The standard InChI is InChI=1S/C47H30N4/c1-3-13-30(14-4-1)45-40-29-33-15-7-8-18-35(33)46(40)49-47(48-45)51-42-22-12-10-20-37(42)39-28-32(24-26-44(39)51)31-23-25-43-38(27-31)36-19-9-11-21-41(36)50(43)34-16-5-2-6-17-34/h1-28H,29H2. The molecule has 0 unspecified atom stereocenters. The highest BCUT2D eigenvalue weighted by molar-refractivity contribution is 6.12. The Bertz CT molecular complexity index is 2990. The molecule has 0 saturated carbocycles. The van der Waals surface area contributed by atoms with E-state index in [1.54, 1.807) is 0 Å². The van der Waals surface area contributed by atoms with Gasteiger partial charge in [0.25, 0.3) is 0 Å². The molecule has 0 bridgehead atoms. The van der Waals surface area contributed by atoms with E-state index in [4.69, 9.17) is 9.97 Å². The molecular formula is C47H30N4. The zero-order valence-electron chi connectivity index (χ0n) is 27.7. The molecule has 0 N–H and O–H groups in total. The van der Waals surface area contributed by atoms with Gasteiger partial charge in [0.1, 0.15) is 0 Å². The monoisotopic (exact) mass is 650 g/mol. The molecule has 0 atom stereocenters. The molecule has 3 aromatic heterocycles. The van der Waals surface area contributed by atoms with Crippen molar-refractivity contribution in [2.24, 2.45) is 0 Å². The zero-order valence-corrected chi connectivity index (χ0v) is 27.7. The first-order valence-electron chi connectivity index (χ1n) is 17.5. The first kappa shape index (κ1) is 28.1. The molecule has 0 aliphatic heterocycles. The zero-order chi connectivity index (χ0) is 33.5. The van der Waals surface area contributed by atoms with E-state index in [-0.39, 0.29) is 0 Å². The van der Waals surface area contributed by atoms with E-state index in [1.165, 1.54) is 66.1 Å². The van der Waals surface area contributed by atoms with Gasteiger partial charge in [0.2, 0.25) is 5.95 Å². The third-order valence-corrected chi connectivity index (χ3v) is 10.6. The van der Waals surface area contributed by atoms with E-state index >= 15 is 0 Å². The number of hydrogen-bond acceptors (Lipinski definition) is 2. The van der Waals surface area contributed by atoms with E-state index in [9.17, 15) is 0 Å². The molecular weight excluding hydrogens is 621 g/mol. The van der Waals surface area contributed by atoms with E-state index in [0.717, 1.165) is 34.4 Å². The van der Waals surface area contributed by atoms with Crippen LogP contribution in [-0.2, 0) is 6.42 Å². The predicted molar refractivity (Wildman–Crippen MR) is 210 cm³/mol. The summed E-state index contributed by atoms with van der Waals surface area (Å²) in [6.45, 7) is 0. The lowest BCUT2D eigenvalue weighted by atomic mass is 10.0. The normalized spacial score (nSPS) is 12.2. The number of hydrogen-bond donors (Lipinski definition) is 0. The molecule has 1 aliphatic carbocycles. The Morgan fingerprint density at radius 3 is 1.63 bits per heavy atom. The Labute approximate surface area is 294 Å². The summed E-state index contributed by atoms with van der Waals surface area (Å²) in [6, 6.07) is 60.8. The second kappa shape index (κ2) is 10.9. The Morgan fingerprint density at radius 1 is 0.392 bits per heavy atom. The van der Waals surface area contributed by atoms with E-state index in [0.29, 0.717) is 5.95 Å². The lowest BCUT2D eigenvalue weighted by Crippen LogP contribution is -2.05. The minimum absolute atomic E-state index is 0.693. The molecule has 11 rings (SSSR count). The van der Waals surface area contributed by atoms with Gasteiger partial charge < -0.3 is 4.57 Å². The van der Waals surface area contributed by atoms with Crippen molar-refractivity contribution in [2.45, 2.75) is 6.42 Å². The van der Waals surface area contributed by atoms with Crippen LogP contribution in [0.1, 0.15) is 11.1 Å². The van der Waals surface area contributed by atoms with Gasteiger partial charge in [-0.05, 0) is 65.2 Å². The summed E-state index contributed by atoms with van der Waals surface area (Å²) in [6.07, 6.45) is 0.834. The smallest absolute Gasteiger partial charge is 0.235 e. The fourth-order valence-electron chi connectivity index (χ4n) is 8.27. The summed E-state index contributed by atoms with van der Waals surface area (Å²) in [5, 5.41) is 4.86. The SMILES string of the molecule is c1ccc(-c2nc(-n3c4ccccc4c4cc(-c5ccc6c(c5)c5ccccc5n6-c5ccccc5)ccc43)nc3c2Cc2ccccc2-3)cc1. The van der Waals surface area contributed by atoms with Crippen molar-refractivity contribution in [2.75, 3.05) is 0 Å². The van der Waals surface area contributed by atoms with Crippen LogP contribution in [0.2, 0.25) is 0 Å². The van der Waals surface area contributed by atoms with Crippen LogP contribution < -0.4 is 0 Å². The quantitative estimate of drug-likeness (QED) is 0.190. The Morgan fingerprint density at radius 2 is 0.922 bits per heavy atom. The van der Waals surface area contributed by atoms with E-state index in [1.807, 2.05) is 0 Å². The minimum atomic E-state index is 0.693. The lowest BCUT2D eigenvalue weighted by Gasteiger charge is -2.13. The van der Waals surface area contributed by atoms with Crippen LogP contribution in [0, 0.1) is 0 Å². The van der Waals surface area contributed by atoms with Gasteiger partial charge in [-0.3, -0.25) is 4.57 Å². The van der Waals surface area contributed by atoms with Gasteiger partial charge in [-0.15, -0.1) is 0 Å². The van der Waals surface area contributed by atoms with Crippen molar-refractivity contribution in [1.82, 2.24) is 19.1 Å². The minimum Gasteiger partial charge on any atom is -0.309 e. The molecule has 1 aliphatic rings. The number of aromatic nitrogens is 4. The first-order valence-corrected chi connectivity index (χ1v) is 17.5. The third kappa shape index (κ3) is 4.20. The maximum atomic E-state index is 5.36. The Kier molecular flexibility index (Phi) is 5.98. The summed E-state index contributed by atoms with van der Waals surface area (Å²) in [7, 11) is 0. The van der Waals surface area contributed by atoms with Crippen molar-refractivity contribution >= 4 is 43.6 Å².